The van der Waals surface area contributed by atoms with Crippen LogP contribution in [0.15, 0.2) is 85.1 Å². The lowest BCUT2D eigenvalue weighted by Crippen LogP contribution is -2.45. The van der Waals surface area contributed by atoms with E-state index in [1.807, 2.05) is 36.5 Å². The quantitative estimate of drug-likeness (QED) is 0.653. The Morgan fingerprint density at radius 1 is 0.826 bits per heavy atom. The Morgan fingerprint density at radius 3 is 1.91 bits per heavy atom. The molecule has 0 radical (unpaired) electrons. The molecule has 3 rings (SSSR count). The molecular weight excluding hydrogens is 281 g/mol. The third-order valence-electron chi connectivity index (χ3n) is 3.91. The number of rotatable bonds is 6. The first-order valence-electron chi connectivity index (χ1n) is 7.97. The fourth-order valence-corrected chi connectivity index (χ4v) is 2.63. The van der Waals surface area contributed by atoms with Gasteiger partial charge in [0, 0.05) is 24.4 Å². The van der Waals surface area contributed by atoms with Gasteiger partial charge in [0.25, 0.3) is 0 Å². The second-order valence-electron chi connectivity index (χ2n) is 5.69. The maximum Gasteiger partial charge on any atom is 0.361 e. The van der Waals surface area contributed by atoms with Crippen LogP contribution in [0, 0.1) is 0 Å². The lowest BCUT2D eigenvalue weighted by Gasteiger charge is -2.18. The van der Waals surface area contributed by atoms with Gasteiger partial charge in [-0.05, 0) is 23.1 Å². The van der Waals surface area contributed by atoms with Crippen molar-refractivity contribution in [1.82, 2.24) is 4.98 Å². The third kappa shape index (κ3) is 4.08. The van der Waals surface area contributed by atoms with Gasteiger partial charge in [-0.15, -0.1) is 0 Å². The molecule has 23 heavy (non-hydrogen) atoms. The lowest BCUT2D eigenvalue weighted by molar-refractivity contribution is 0.307. The number of aromatic nitrogens is 1. The maximum atomic E-state index is 6.29. The van der Waals surface area contributed by atoms with Crippen molar-refractivity contribution in [2.45, 2.75) is 12.8 Å². The van der Waals surface area contributed by atoms with E-state index < -0.39 is 0 Å². The standard InChI is InChI=1S/C20H20BNO/c1-17(20-14-8-9-15-22-20)16-23-21(18-10-4-2-5-11-18)19-12-6-3-7-13-19/h2-15,17H,16H2,1H3. The van der Waals surface area contributed by atoms with Gasteiger partial charge >= 0.3 is 6.92 Å². The van der Waals surface area contributed by atoms with E-state index in [9.17, 15) is 0 Å². The highest BCUT2D eigenvalue weighted by atomic mass is 16.4. The van der Waals surface area contributed by atoms with Crippen molar-refractivity contribution in [1.29, 1.82) is 0 Å². The lowest BCUT2D eigenvalue weighted by atomic mass is 9.55. The van der Waals surface area contributed by atoms with E-state index >= 15 is 0 Å². The molecule has 0 spiro atoms. The first-order valence-corrected chi connectivity index (χ1v) is 7.97. The van der Waals surface area contributed by atoms with Crippen molar-refractivity contribution in [2.75, 3.05) is 6.61 Å². The van der Waals surface area contributed by atoms with E-state index in [1.54, 1.807) is 0 Å². The van der Waals surface area contributed by atoms with Gasteiger partial charge in [-0.25, -0.2) is 0 Å². The van der Waals surface area contributed by atoms with Crippen LogP contribution in [0.2, 0.25) is 0 Å². The SMILES string of the molecule is CC(COB(c1ccccc1)c1ccccc1)c1ccccn1. The number of pyridine rings is 1. The Bertz CT molecular complexity index is 664. The van der Waals surface area contributed by atoms with Crippen molar-refractivity contribution < 1.29 is 4.65 Å². The number of hydrogen-bond acceptors (Lipinski definition) is 2. The summed E-state index contributed by atoms with van der Waals surface area (Å²) in [5, 5.41) is 0. The second-order valence-corrected chi connectivity index (χ2v) is 5.69. The Kier molecular flexibility index (Phi) is 5.23. The van der Waals surface area contributed by atoms with Gasteiger partial charge in [0.05, 0.1) is 0 Å². The summed E-state index contributed by atoms with van der Waals surface area (Å²) >= 11 is 0. The van der Waals surface area contributed by atoms with E-state index in [0.717, 1.165) is 5.69 Å². The van der Waals surface area contributed by atoms with Gasteiger partial charge in [0.1, 0.15) is 0 Å². The van der Waals surface area contributed by atoms with Crippen LogP contribution in [0.25, 0.3) is 0 Å². The van der Waals surface area contributed by atoms with Crippen molar-refractivity contribution in [3.63, 3.8) is 0 Å². The Morgan fingerprint density at radius 2 is 1.39 bits per heavy atom. The van der Waals surface area contributed by atoms with Crippen molar-refractivity contribution in [2.24, 2.45) is 0 Å². The average molecular weight is 301 g/mol. The molecular formula is C20H20BNO. The Hall–Kier alpha value is -2.39. The molecule has 3 aromatic rings. The van der Waals surface area contributed by atoms with E-state index in [1.165, 1.54) is 10.9 Å². The van der Waals surface area contributed by atoms with Crippen LogP contribution in [0.3, 0.4) is 0 Å². The van der Waals surface area contributed by atoms with Crippen LogP contribution in [0.5, 0.6) is 0 Å². The van der Waals surface area contributed by atoms with Crippen LogP contribution in [0.4, 0.5) is 0 Å². The zero-order valence-electron chi connectivity index (χ0n) is 13.3. The minimum absolute atomic E-state index is 0.0523. The van der Waals surface area contributed by atoms with Crippen LogP contribution < -0.4 is 10.9 Å². The van der Waals surface area contributed by atoms with Crippen molar-refractivity contribution in [3.8, 4) is 0 Å². The van der Waals surface area contributed by atoms with E-state index in [2.05, 4.69) is 60.4 Å². The molecule has 0 saturated heterocycles. The molecule has 1 heterocycles. The largest absolute Gasteiger partial charge is 0.426 e. The van der Waals surface area contributed by atoms with Gasteiger partial charge < -0.3 is 4.65 Å². The predicted octanol–water partition coefficient (Wildman–Crippen LogP) is 3.01. The molecule has 0 saturated carbocycles. The normalized spacial score (nSPS) is 11.9. The molecule has 2 nitrogen and oxygen atoms in total. The monoisotopic (exact) mass is 301 g/mol. The molecule has 0 aliphatic carbocycles. The first-order chi connectivity index (χ1) is 11.3. The number of benzene rings is 2. The molecule has 2 aromatic carbocycles. The zero-order chi connectivity index (χ0) is 15.9. The van der Waals surface area contributed by atoms with Crippen LogP contribution in [-0.2, 0) is 4.65 Å². The molecule has 0 amide bonds. The molecule has 1 atom stereocenters. The van der Waals surface area contributed by atoms with E-state index in [4.69, 9.17) is 4.65 Å². The maximum absolute atomic E-state index is 6.29. The first kappa shape index (κ1) is 15.5. The molecule has 0 bridgehead atoms. The summed E-state index contributed by atoms with van der Waals surface area (Å²) in [6.07, 6.45) is 1.83. The highest BCUT2D eigenvalue weighted by Gasteiger charge is 2.22. The fourth-order valence-electron chi connectivity index (χ4n) is 2.63. The summed E-state index contributed by atoms with van der Waals surface area (Å²) in [7, 11) is 0. The average Bonchev–Trinajstić information content (AvgIpc) is 2.64. The molecule has 0 aliphatic heterocycles. The topological polar surface area (TPSA) is 22.1 Å². The smallest absolute Gasteiger partial charge is 0.361 e. The minimum Gasteiger partial charge on any atom is -0.426 e. The predicted molar refractivity (Wildman–Crippen MR) is 96.5 cm³/mol. The van der Waals surface area contributed by atoms with Crippen LogP contribution in [-0.4, -0.2) is 18.5 Å². The van der Waals surface area contributed by atoms with E-state index in [-0.39, 0.29) is 12.8 Å². The van der Waals surface area contributed by atoms with Gasteiger partial charge in [-0.1, -0.05) is 73.7 Å². The molecule has 3 heteroatoms. The zero-order valence-corrected chi connectivity index (χ0v) is 13.3. The third-order valence-corrected chi connectivity index (χ3v) is 3.91. The summed E-state index contributed by atoms with van der Waals surface area (Å²) in [6.45, 7) is 2.73. The minimum atomic E-state index is -0.0523. The van der Waals surface area contributed by atoms with E-state index in [0.29, 0.717) is 6.61 Å². The van der Waals surface area contributed by atoms with Crippen molar-refractivity contribution >= 4 is 17.8 Å². The van der Waals surface area contributed by atoms with Crippen molar-refractivity contribution in [3.05, 3.63) is 90.8 Å². The summed E-state index contributed by atoms with van der Waals surface area (Å²) in [5.74, 6) is 0.256. The Labute approximate surface area is 138 Å². The van der Waals surface area contributed by atoms with Gasteiger partial charge in [0.2, 0.25) is 0 Å². The number of nitrogens with zero attached hydrogens (tertiary/aromatic N) is 1. The van der Waals surface area contributed by atoms with Gasteiger partial charge in [-0.2, -0.15) is 0 Å². The summed E-state index contributed by atoms with van der Waals surface area (Å²) < 4.78 is 6.29. The van der Waals surface area contributed by atoms with Crippen LogP contribution in [0.1, 0.15) is 18.5 Å². The highest BCUT2D eigenvalue weighted by molar-refractivity contribution is 6.80. The van der Waals surface area contributed by atoms with Gasteiger partial charge in [0.15, 0.2) is 0 Å². The molecule has 1 aromatic heterocycles. The van der Waals surface area contributed by atoms with Crippen LogP contribution >= 0.6 is 0 Å². The molecule has 0 N–H and O–H groups in total. The summed E-state index contributed by atoms with van der Waals surface area (Å²) in [4.78, 5) is 4.42. The summed E-state index contributed by atoms with van der Waals surface area (Å²) in [5.41, 5.74) is 3.41. The molecule has 0 fully saturated rings. The highest BCUT2D eigenvalue weighted by Crippen LogP contribution is 2.12. The molecule has 114 valence electrons. The summed E-state index contributed by atoms with van der Waals surface area (Å²) in [6, 6.07) is 26.7. The molecule has 0 aliphatic rings. The fraction of sp³-hybridized carbons (Fsp3) is 0.150. The molecule has 1 unspecified atom stereocenters. The van der Waals surface area contributed by atoms with Gasteiger partial charge in [-0.3, -0.25) is 4.98 Å². The second kappa shape index (κ2) is 7.75. The number of hydrogen-bond donors (Lipinski definition) is 0. The Balaban J connectivity index is 1.77.